The van der Waals surface area contributed by atoms with Gasteiger partial charge in [-0.05, 0) is 31.2 Å². The molecule has 1 heterocycles. The minimum atomic E-state index is -1.09. The zero-order valence-electron chi connectivity index (χ0n) is 10.4. The average molecular weight is 305 g/mol. The first kappa shape index (κ1) is 14.6. The predicted molar refractivity (Wildman–Crippen MR) is 71.6 cm³/mol. The van der Waals surface area contributed by atoms with Crippen LogP contribution >= 0.6 is 23.2 Å². The third kappa shape index (κ3) is 3.60. The summed E-state index contributed by atoms with van der Waals surface area (Å²) in [6.45, 7) is 2.50. The molecule has 2 rings (SSSR count). The number of benzene rings is 1. The van der Waals surface area contributed by atoms with Crippen LogP contribution in [0.1, 0.15) is 6.92 Å². The van der Waals surface area contributed by atoms with Crippen LogP contribution in [0.25, 0.3) is 0 Å². The SMILES string of the molecule is CC1(C(=O)C(Cl)Oc2ccc(Cl)cc2)COCOC1. The highest BCUT2D eigenvalue weighted by Crippen LogP contribution is 2.27. The number of hydrogen-bond donors (Lipinski definition) is 0. The Balaban J connectivity index is 2.00. The van der Waals surface area contributed by atoms with Gasteiger partial charge in [-0.1, -0.05) is 23.2 Å². The molecule has 0 aliphatic carbocycles. The van der Waals surface area contributed by atoms with E-state index in [0.717, 1.165) is 0 Å². The first-order valence-electron chi connectivity index (χ1n) is 5.77. The summed E-state index contributed by atoms with van der Waals surface area (Å²) in [7, 11) is 0. The Kier molecular flexibility index (Phi) is 4.68. The van der Waals surface area contributed by atoms with Crippen molar-refractivity contribution in [2.24, 2.45) is 5.41 Å². The third-order valence-corrected chi connectivity index (χ3v) is 3.40. The lowest BCUT2D eigenvalue weighted by Crippen LogP contribution is -2.46. The highest BCUT2D eigenvalue weighted by molar-refractivity contribution is 6.31. The van der Waals surface area contributed by atoms with Crippen molar-refractivity contribution in [3.8, 4) is 5.75 Å². The molecule has 1 saturated heterocycles. The fourth-order valence-electron chi connectivity index (χ4n) is 1.74. The normalized spacial score (nSPS) is 19.7. The van der Waals surface area contributed by atoms with Gasteiger partial charge >= 0.3 is 0 Å². The summed E-state index contributed by atoms with van der Waals surface area (Å²) in [4.78, 5) is 12.2. The average Bonchev–Trinajstić information content (AvgIpc) is 2.41. The van der Waals surface area contributed by atoms with Crippen molar-refractivity contribution in [2.75, 3.05) is 20.0 Å². The molecule has 4 nitrogen and oxygen atoms in total. The fraction of sp³-hybridized carbons (Fsp3) is 0.462. The first-order chi connectivity index (χ1) is 9.01. The van der Waals surface area contributed by atoms with Crippen molar-refractivity contribution in [1.82, 2.24) is 0 Å². The minimum Gasteiger partial charge on any atom is -0.467 e. The van der Waals surface area contributed by atoms with Crippen LogP contribution in [0.4, 0.5) is 0 Å². The van der Waals surface area contributed by atoms with Crippen molar-refractivity contribution in [3.05, 3.63) is 29.3 Å². The molecule has 104 valence electrons. The maximum atomic E-state index is 12.2. The van der Waals surface area contributed by atoms with Crippen molar-refractivity contribution < 1.29 is 19.0 Å². The number of Topliss-reactive ketones (excluding diaryl/α,β-unsaturated/α-hetero) is 1. The van der Waals surface area contributed by atoms with Crippen LogP contribution in [0.3, 0.4) is 0 Å². The van der Waals surface area contributed by atoms with E-state index in [1.54, 1.807) is 31.2 Å². The molecule has 1 aromatic carbocycles. The zero-order valence-corrected chi connectivity index (χ0v) is 11.9. The summed E-state index contributed by atoms with van der Waals surface area (Å²) in [6, 6.07) is 6.64. The number of rotatable bonds is 4. The van der Waals surface area contributed by atoms with E-state index in [9.17, 15) is 4.79 Å². The lowest BCUT2D eigenvalue weighted by Gasteiger charge is -2.32. The number of carbonyl (C=O) groups excluding carboxylic acids is 1. The summed E-state index contributed by atoms with van der Waals surface area (Å²) in [6.07, 6.45) is 0. The smallest absolute Gasteiger partial charge is 0.231 e. The maximum absolute atomic E-state index is 12.2. The largest absolute Gasteiger partial charge is 0.467 e. The second-order valence-corrected chi connectivity index (χ2v) is 5.46. The Morgan fingerprint density at radius 3 is 2.47 bits per heavy atom. The van der Waals surface area contributed by atoms with Gasteiger partial charge in [0.2, 0.25) is 5.56 Å². The van der Waals surface area contributed by atoms with Crippen LogP contribution in [0.5, 0.6) is 5.75 Å². The molecule has 1 aliphatic heterocycles. The Hall–Kier alpha value is -0.810. The van der Waals surface area contributed by atoms with E-state index >= 15 is 0 Å². The minimum absolute atomic E-state index is 0.202. The van der Waals surface area contributed by atoms with Crippen molar-refractivity contribution >= 4 is 29.0 Å². The summed E-state index contributed by atoms with van der Waals surface area (Å²) in [5.74, 6) is 0.225. The van der Waals surface area contributed by atoms with Crippen LogP contribution in [0.15, 0.2) is 24.3 Å². The number of halogens is 2. The van der Waals surface area contributed by atoms with Crippen molar-refractivity contribution in [2.45, 2.75) is 12.5 Å². The molecule has 0 spiro atoms. The summed E-state index contributed by atoms with van der Waals surface area (Å²) >= 11 is 11.8. The van der Waals surface area contributed by atoms with E-state index in [-0.39, 0.29) is 25.8 Å². The van der Waals surface area contributed by atoms with Gasteiger partial charge in [-0.15, -0.1) is 0 Å². The topological polar surface area (TPSA) is 44.8 Å². The highest BCUT2D eigenvalue weighted by Gasteiger charge is 2.41. The second-order valence-electron chi connectivity index (χ2n) is 4.63. The van der Waals surface area contributed by atoms with Gasteiger partial charge < -0.3 is 14.2 Å². The molecule has 0 radical (unpaired) electrons. The molecule has 19 heavy (non-hydrogen) atoms. The number of ketones is 1. The molecular formula is C13H14Cl2O4. The molecule has 0 saturated carbocycles. The molecule has 1 fully saturated rings. The standard InChI is InChI=1S/C13H14Cl2O4/c1-13(6-17-8-18-7-13)11(16)12(15)19-10-4-2-9(14)3-5-10/h2-5,12H,6-8H2,1H3. The Labute approximate surface area is 121 Å². The quantitative estimate of drug-likeness (QED) is 0.802. The predicted octanol–water partition coefficient (Wildman–Crippen LogP) is 2.86. The summed E-state index contributed by atoms with van der Waals surface area (Å²) < 4.78 is 15.7. The highest BCUT2D eigenvalue weighted by atomic mass is 35.5. The van der Waals surface area contributed by atoms with E-state index in [0.29, 0.717) is 10.8 Å². The van der Waals surface area contributed by atoms with E-state index in [4.69, 9.17) is 37.4 Å². The van der Waals surface area contributed by atoms with Crippen LogP contribution < -0.4 is 4.74 Å². The maximum Gasteiger partial charge on any atom is 0.231 e. The van der Waals surface area contributed by atoms with Gasteiger partial charge in [-0.25, -0.2) is 0 Å². The molecule has 0 aromatic heterocycles. The molecule has 0 N–H and O–H groups in total. The second kappa shape index (κ2) is 6.09. The zero-order chi connectivity index (χ0) is 13.9. The summed E-state index contributed by atoms with van der Waals surface area (Å²) in [5, 5.41) is 0.589. The third-order valence-electron chi connectivity index (χ3n) is 2.86. The number of alkyl halides is 1. The van der Waals surface area contributed by atoms with E-state index in [1.807, 2.05) is 0 Å². The Bertz CT molecular complexity index is 440. The van der Waals surface area contributed by atoms with Crippen LogP contribution in [0.2, 0.25) is 5.02 Å². The van der Waals surface area contributed by atoms with E-state index < -0.39 is 11.0 Å². The van der Waals surface area contributed by atoms with E-state index in [1.165, 1.54) is 0 Å². The van der Waals surface area contributed by atoms with Crippen molar-refractivity contribution in [3.63, 3.8) is 0 Å². The van der Waals surface area contributed by atoms with Gasteiger partial charge in [0, 0.05) is 5.02 Å². The summed E-state index contributed by atoms with van der Waals surface area (Å²) in [5.41, 5.74) is -1.87. The lowest BCUT2D eigenvalue weighted by atomic mass is 9.87. The van der Waals surface area contributed by atoms with Crippen LogP contribution in [-0.2, 0) is 14.3 Å². The van der Waals surface area contributed by atoms with Crippen LogP contribution in [0, 0.1) is 5.41 Å². The van der Waals surface area contributed by atoms with Gasteiger partial charge in [0.1, 0.15) is 12.5 Å². The monoisotopic (exact) mass is 304 g/mol. The number of ether oxygens (including phenoxy) is 3. The molecule has 1 aromatic rings. The Morgan fingerprint density at radius 1 is 1.32 bits per heavy atom. The molecule has 1 aliphatic rings. The first-order valence-corrected chi connectivity index (χ1v) is 6.59. The van der Waals surface area contributed by atoms with Gasteiger partial charge in [0.15, 0.2) is 5.78 Å². The van der Waals surface area contributed by atoms with Gasteiger partial charge in [0.05, 0.1) is 18.6 Å². The molecule has 1 unspecified atom stereocenters. The Morgan fingerprint density at radius 2 is 1.89 bits per heavy atom. The van der Waals surface area contributed by atoms with Gasteiger partial charge in [0.25, 0.3) is 0 Å². The molecule has 1 atom stereocenters. The van der Waals surface area contributed by atoms with Gasteiger partial charge in [-0.2, -0.15) is 0 Å². The number of carbonyl (C=O) groups is 1. The fourth-order valence-corrected chi connectivity index (χ4v) is 2.23. The molecular weight excluding hydrogens is 291 g/mol. The van der Waals surface area contributed by atoms with Crippen LogP contribution in [-0.4, -0.2) is 31.4 Å². The lowest BCUT2D eigenvalue weighted by molar-refractivity contribution is -0.174. The molecule has 6 heteroatoms. The molecule has 0 bridgehead atoms. The van der Waals surface area contributed by atoms with Gasteiger partial charge in [-0.3, -0.25) is 4.79 Å². The molecule has 0 amide bonds. The number of hydrogen-bond acceptors (Lipinski definition) is 4. The van der Waals surface area contributed by atoms with E-state index in [2.05, 4.69) is 0 Å². The van der Waals surface area contributed by atoms with Crippen molar-refractivity contribution in [1.29, 1.82) is 0 Å².